The summed E-state index contributed by atoms with van der Waals surface area (Å²) in [6.45, 7) is 1.20. The predicted octanol–water partition coefficient (Wildman–Crippen LogP) is 1.27. The zero-order valence-corrected chi connectivity index (χ0v) is 5.23. The first-order valence-corrected chi connectivity index (χ1v) is 2.82. The van der Waals surface area contributed by atoms with Crippen LogP contribution >= 0.6 is 0 Å². The van der Waals surface area contributed by atoms with E-state index in [9.17, 15) is 4.79 Å². The Hall–Kier alpha value is -0.790. The van der Waals surface area contributed by atoms with Crippen molar-refractivity contribution in [3.05, 3.63) is 12.1 Å². The van der Waals surface area contributed by atoms with Crippen molar-refractivity contribution in [2.45, 2.75) is 25.8 Å². The highest BCUT2D eigenvalue weighted by Crippen LogP contribution is 2.12. The summed E-state index contributed by atoms with van der Waals surface area (Å²) in [5.41, 5.74) is 0. The lowest BCUT2D eigenvalue weighted by Crippen LogP contribution is -2.09. The fourth-order valence-electron chi connectivity index (χ4n) is 0.650. The molecule has 0 saturated carbocycles. The molecule has 0 spiro atoms. The van der Waals surface area contributed by atoms with E-state index in [2.05, 4.69) is 4.74 Å². The van der Waals surface area contributed by atoms with Gasteiger partial charge in [0.2, 0.25) is 0 Å². The van der Waals surface area contributed by atoms with E-state index < -0.39 is 12.0 Å². The quantitative estimate of drug-likeness (QED) is 0.393. The zero-order valence-electron chi connectivity index (χ0n) is 8.23. The third-order valence-electron chi connectivity index (χ3n) is 0.972. The van der Waals surface area contributed by atoms with Gasteiger partial charge in [-0.05, 0) is 18.9 Å². The Morgan fingerprint density at radius 2 is 2.89 bits per heavy atom. The van der Waals surface area contributed by atoms with Gasteiger partial charge in [-0.15, -0.1) is 0 Å². The number of esters is 1. The van der Waals surface area contributed by atoms with Crippen LogP contribution in [0.1, 0.15) is 23.9 Å². The van der Waals surface area contributed by atoms with Crippen LogP contribution in [0.4, 0.5) is 0 Å². The van der Waals surface area contributed by atoms with Gasteiger partial charge < -0.3 is 4.74 Å². The van der Waals surface area contributed by atoms with Crippen molar-refractivity contribution in [1.29, 1.82) is 0 Å². The molecule has 0 radical (unpaired) electrons. The van der Waals surface area contributed by atoms with Gasteiger partial charge in [-0.1, -0.05) is 6.05 Å². The van der Waals surface area contributed by atoms with Crippen LogP contribution in [-0.4, -0.2) is 12.0 Å². The highest BCUT2D eigenvalue weighted by molar-refractivity contribution is 5.66. The molecule has 0 aromatic rings. The normalized spacial score (nSPS) is 39.4. The largest absolute Gasteiger partial charge is 0.458 e. The van der Waals surface area contributed by atoms with Crippen LogP contribution in [0.3, 0.4) is 0 Å². The third-order valence-corrected chi connectivity index (χ3v) is 0.972. The summed E-state index contributed by atoms with van der Waals surface area (Å²) in [6.07, 6.45) is -1.03. The average molecular weight is 129 g/mol. The first-order chi connectivity index (χ1) is 5.46. The number of carbonyl (C=O) groups excluding carboxylic acids is 1. The number of hydrogen-bond acceptors (Lipinski definition) is 2. The second kappa shape index (κ2) is 2.67. The Kier molecular flexibility index (Phi) is 1.01. The molecule has 1 aliphatic carbocycles. The SMILES string of the molecule is [2H]C1=C([2H])C([2H])(OC(C)=O)CC1. The van der Waals surface area contributed by atoms with Gasteiger partial charge in [0.1, 0.15) is 6.08 Å². The molecule has 9 heavy (non-hydrogen) atoms. The van der Waals surface area contributed by atoms with Crippen molar-refractivity contribution >= 4 is 5.97 Å². The van der Waals surface area contributed by atoms with E-state index in [0.29, 0.717) is 6.42 Å². The van der Waals surface area contributed by atoms with Crippen LogP contribution in [0.5, 0.6) is 0 Å². The molecule has 0 fully saturated rings. The smallest absolute Gasteiger partial charge is 0.303 e. The van der Waals surface area contributed by atoms with Gasteiger partial charge in [0.15, 0.2) is 0 Å². The summed E-state index contributed by atoms with van der Waals surface area (Å²) in [6, 6.07) is -0.107. The van der Waals surface area contributed by atoms with Crippen molar-refractivity contribution in [2.75, 3.05) is 0 Å². The zero-order chi connectivity index (χ0) is 9.35. The summed E-state index contributed by atoms with van der Waals surface area (Å²) < 4.78 is 26.7. The molecule has 0 heterocycles. The molecule has 1 unspecified atom stereocenters. The molecule has 1 aliphatic rings. The van der Waals surface area contributed by atoms with Crippen molar-refractivity contribution in [2.24, 2.45) is 0 Å². The van der Waals surface area contributed by atoms with E-state index in [0.717, 1.165) is 0 Å². The van der Waals surface area contributed by atoms with Crippen LogP contribution in [0.15, 0.2) is 12.1 Å². The molecular weight excluding hydrogens is 116 g/mol. The maximum Gasteiger partial charge on any atom is 0.303 e. The maximum atomic E-state index is 10.5. The maximum absolute atomic E-state index is 10.5. The topological polar surface area (TPSA) is 26.3 Å². The Labute approximate surface area is 58.7 Å². The third kappa shape index (κ3) is 1.88. The molecule has 50 valence electrons. The van der Waals surface area contributed by atoms with Crippen molar-refractivity contribution < 1.29 is 13.6 Å². The average Bonchev–Trinajstić information content (AvgIpc) is 2.16. The lowest BCUT2D eigenvalue weighted by Gasteiger charge is -2.05. The molecule has 2 nitrogen and oxygen atoms in total. The van der Waals surface area contributed by atoms with Crippen LogP contribution in [0.2, 0.25) is 0 Å². The summed E-state index contributed by atoms with van der Waals surface area (Å²) in [5, 5.41) is 0. The van der Waals surface area contributed by atoms with Crippen molar-refractivity contribution in [1.82, 2.24) is 0 Å². The van der Waals surface area contributed by atoms with Crippen LogP contribution < -0.4 is 0 Å². The number of allylic oxidation sites excluding steroid dienone is 1. The molecule has 2 heteroatoms. The van der Waals surface area contributed by atoms with Crippen LogP contribution in [-0.2, 0) is 9.53 Å². The minimum absolute atomic E-state index is 0.0891. The molecule has 0 saturated heterocycles. The number of hydrogen-bond donors (Lipinski definition) is 0. The van der Waals surface area contributed by atoms with Gasteiger partial charge in [-0.2, -0.15) is 0 Å². The van der Waals surface area contributed by atoms with Gasteiger partial charge in [0.05, 0.1) is 4.11 Å². The molecular formula is C7H10O2. The molecule has 0 bridgehead atoms. The minimum atomic E-state index is -1.59. The van der Waals surface area contributed by atoms with E-state index in [1.807, 2.05) is 0 Å². The number of carbonyl (C=O) groups is 1. The van der Waals surface area contributed by atoms with E-state index in [1.54, 1.807) is 0 Å². The molecule has 0 N–H and O–H groups in total. The number of rotatable bonds is 1. The Bertz CT molecular complexity index is 249. The summed E-state index contributed by atoms with van der Waals surface area (Å²) >= 11 is 0. The fraction of sp³-hybridized carbons (Fsp3) is 0.571. The van der Waals surface area contributed by atoms with Gasteiger partial charge in [-0.3, -0.25) is 4.79 Å². The van der Waals surface area contributed by atoms with E-state index >= 15 is 0 Å². The minimum Gasteiger partial charge on any atom is -0.458 e. The highest BCUT2D eigenvalue weighted by atomic mass is 16.5. The Morgan fingerprint density at radius 3 is 3.33 bits per heavy atom. The highest BCUT2D eigenvalue weighted by Gasteiger charge is 2.10. The van der Waals surface area contributed by atoms with Crippen molar-refractivity contribution in [3.63, 3.8) is 0 Å². The van der Waals surface area contributed by atoms with Gasteiger partial charge in [0.25, 0.3) is 0 Å². The predicted molar refractivity (Wildman–Crippen MR) is 33.9 cm³/mol. The lowest BCUT2D eigenvalue weighted by molar-refractivity contribution is -0.144. The Morgan fingerprint density at radius 1 is 2.11 bits per heavy atom. The van der Waals surface area contributed by atoms with E-state index in [1.165, 1.54) is 6.92 Å². The second-order valence-electron chi connectivity index (χ2n) is 1.82. The molecule has 1 atom stereocenters. The fourth-order valence-corrected chi connectivity index (χ4v) is 0.650. The van der Waals surface area contributed by atoms with E-state index in [-0.39, 0.29) is 18.5 Å². The van der Waals surface area contributed by atoms with Gasteiger partial charge in [-0.25, -0.2) is 0 Å². The van der Waals surface area contributed by atoms with Crippen LogP contribution in [0.25, 0.3) is 0 Å². The molecule has 0 aliphatic heterocycles. The first-order valence-electron chi connectivity index (χ1n) is 4.32. The number of ether oxygens (including phenoxy) is 1. The summed E-state index contributed by atoms with van der Waals surface area (Å²) in [7, 11) is 0. The Balaban J connectivity index is 2.80. The van der Waals surface area contributed by atoms with Crippen molar-refractivity contribution in [3.8, 4) is 0 Å². The molecule has 0 aromatic carbocycles. The molecule has 0 amide bonds. The molecule has 1 rings (SSSR count). The second-order valence-corrected chi connectivity index (χ2v) is 1.82. The molecule has 0 aromatic heterocycles. The van der Waals surface area contributed by atoms with E-state index in [4.69, 9.17) is 4.11 Å². The summed E-state index contributed by atoms with van der Waals surface area (Å²) in [5.74, 6) is -0.579. The lowest BCUT2D eigenvalue weighted by atomic mass is 10.3. The standard InChI is InChI=1S/C7H10O2/c1-6(8)9-7-4-2-3-5-7/h2,4,7H,3,5H2,1H3/i2D,4D,7D. The first kappa shape index (κ1) is 3.40. The van der Waals surface area contributed by atoms with Gasteiger partial charge in [0, 0.05) is 6.92 Å². The van der Waals surface area contributed by atoms with Crippen LogP contribution in [0, 0.1) is 0 Å². The summed E-state index contributed by atoms with van der Waals surface area (Å²) in [4.78, 5) is 10.5. The van der Waals surface area contributed by atoms with Gasteiger partial charge >= 0.3 is 5.97 Å². The monoisotopic (exact) mass is 129 g/mol.